The second kappa shape index (κ2) is 8.28. The van der Waals surface area contributed by atoms with Crippen LogP contribution in [0.5, 0.6) is 0 Å². The first kappa shape index (κ1) is 20.7. The fourth-order valence-electron chi connectivity index (χ4n) is 3.21. The Hall–Kier alpha value is -3.58. The van der Waals surface area contributed by atoms with Crippen LogP contribution < -0.4 is 4.90 Å². The Bertz CT molecular complexity index is 1260. The lowest BCUT2D eigenvalue weighted by molar-refractivity contribution is -0.130. The van der Waals surface area contributed by atoms with Crippen molar-refractivity contribution in [2.75, 3.05) is 4.90 Å². The number of aliphatic imine (C=N–C) groups is 1. The molecule has 1 amide bonds. The number of aromatic nitrogens is 1. The second-order valence-corrected chi connectivity index (χ2v) is 8.17. The van der Waals surface area contributed by atoms with Crippen LogP contribution in [0.25, 0.3) is 6.08 Å². The lowest BCUT2D eigenvalue weighted by atomic mass is 10.1. The summed E-state index contributed by atoms with van der Waals surface area (Å²) >= 11 is 1.32. The third-order valence-electron chi connectivity index (χ3n) is 5.05. The molecule has 1 aliphatic rings. The minimum Gasteiger partial charge on any atom is -0.402 e. The van der Waals surface area contributed by atoms with Crippen LogP contribution in [0.2, 0.25) is 0 Å². The number of hydrogen-bond donors (Lipinski definition) is 0. The number of esters is 1. The molecule has 0 unspecified atom stereocenters. The van der Waals surface area contributed by atoms with E-state index >= 15 is 0 Å². The molecule has 0 spiro atoms. The monoisotopic (exact) mass is 431 g/mol. The molecule has 2 aromatic carbocycles. The highest BCUT2D eigenvalue weighted by atomic mass is 32.1. The summed E-state index contributed by atoms with van der Waals surface area (Å²) in [6.45, 7) is 7.47. The molecule has 0 aliphatic carbocycles. The summed E-state index contributed by atoms with van der Waals surface area (Å²) in [5.41, 5.74) is 5.46. The van der Waals surface area contributed by atoms with Crippen molar-refractivity contribution in [2.24, 2.45) is 4.99 Å². The molecule has 156 valence electrons. The minimum absolute atomic E-state index is 0.142. The Balaban J connectivity index is 1.65. The summed E-state index contributed by atoms with van der Waals surface area (Å²) in [7, 11) is 0. The van der Waals surface area contributed by atoms with Gasteiger partial charge in [0.25, 0.3) is 0 Å². The number of carbonyl (C=O) groups is 2. The van der Waals surface area contributed by atoms with Gasteiger partial charge in [-0.25, -0.2) is 14.8 Å². The number of ether oxygens (including phenoxy) is 1. The number of nitrogens with zero attached hydrogens (tertiary/aromatic N) is 3. The maximum atomic E-state index is 12.4. The zero-order valence-corrected chi connectivity index (χ0v) is 18.5. The van der Waals surface area contributed by atoms with Crippen LogP contribution in [-0.4, -0.2) is 22.8 Å². The number of anilines is 2. The molecule has 0 bridgehead atoms. The summed E-state index contributed by atoms with van der Waals surface area (Å²) in [6.07, 6.45) is 1.58. The van der Waals surface area contributed by atoms with Crippen LogP contribution >= 0.6 is 11.3 Å². The van der Waals surface area contributed by atoms with Crippen LogP contribution in [0, 0.1) is 20.8 Å². The van der Waals surface area contributed by atoms with Crippen LogP contribution in [0.1, 0.15) is 34.9 Å². The standard InChI is InChI=1S/C24H21N3O3S/c1-14-9-10-19(11-16(14)3)27(17(4)28)24-25-18(13-31-24)12-21-23(29)30-22(26-21)20-8-6-5-7-15(20)2/h5-13H,1-4H3/b21-12+. The predicted octanol–water partition coefficient (Wildman–Crippen LogP) is 5.10. The van der Waals surface area contributed by atoms with E-state index in [-0.39, 0.29) is 17.5 Å². The zero-order chi connectivity index (χ0) is 22.1. The van der Waals surface area contributed by atoms with E-state index in [0.29, 0.717) is 10.8 Å². The lowest BCUT2D eigenvalue weighted by Crippen LogP contribution is -2.22. The highest BCUT2D eigenvalue weighted by molar-refractivity contribution is 7.14. The Labute approximate surface area is 184 Å². The number of hydrogen-bond acceptors (Lipinski definition) is 6. The molecule has 0 saturated carbocycles. The predicted molar refractivity (Wildman–Crippen MR) is 123 cm³/mol. The fourth-order valence-corrected chi connectivity index (χ4v) is 4.06. The van der Waals surface area contributed by atoms with Gasteiger partial charge in [-0.3, -0.25) is 9.69 Å². The number of benzene rings is 2. The van der Waals surface area contributed by atoms with Gasteiger partial charge in [-0.2, -0.15) is 0 Å². The number of carbonyl (C=O) groups excluding carboxylic acids is 2. The largest absolute Gasteiger partial charge is 0.402 e. The van der Waals surface area contributed by atoms with Crippen LogP contribution in [0.4, 0.5) is 10.8 Å². The normalized spacial score (nSPS) is 14.5. The molecule has 0 fully saturated rings. The number of aryl methyl sites for hydroxylation is 3. The highest BCUT2D eigenvalue weighted by Crippen LogP contribution is 2.31. The molecule has 4 rings (SSSR count). The summed E-state index contributed by atoms with van der Waals surface area (Å²) in [5.74, 6) is -0.382. The molecule has 1 aliphatic heterocycles. The van der Waals surface area contributed by atoms with E-state index in [0.717, 1.165) is 27.9 Å². The van der Waals surface area contributed by atoms with Gasteiger partial charge in [0.2, 0.25) is 11.8 Å². The van der Waals surface area contributed by atoms with Gasteiger partial charge in [-0.05, 0) is 61.7 Å². The van der Waals surface area contributed by atoms with Crippen molar-refractivity contribution < 1.29 is 14.3 Å². The Morgan fingerprint density at radius 3 is 2.55 bits per heavy atom. The first-order chi connectivity index (χ1) is 14.8. The van der Waals surface area contributed by atoms with Crippen molar-refractivity contribution in [1.82, 2.24) is 4.98 Å². The quantitative estimate of drug-likeness (QED) is 0.426. The van der Waals surface area contributed by atoms with Gasteiger partial charge in [0.05, 0.1) is 11.4 Å². The van der Waals surface area contributed by atoms with Crippen molar-refractivity contribution >= 4 is 46.0 Å². The highest BCUT2D eigenvalue weighted by Gasteiger charge is 2.26. The molecule has 6 nitrogen and oxygen atoms in total. The molecule has 3 aromatic rings. The van der Waals surface area contributed by atoms with Gasteiger partial charge >= 0.3 is 5.97 Å². The molecule has 1 aromatic heterocycles. The van der Waals surface area contributed by atoms with E-state index in [1.807, 2.05) is 63.2 Å². The van der Waals surface area contributed by atoms with Crippen molar-refractivity contribution in [3.63, 3.8) is 0 Å². The van der Waals surface area contributed by atoms with E-state index < -0.39 is 5.97 Å². The summed E-state index contributed by atoms with van der Waals surface area (Å²) in [6, 6.07) is 13.4. The van der Waals surface area contributed by atoms with Gasteiger partial charge in [0, 0.05) is 17.9 Å². The summed E-state index contributed by atoms with van der Waals surface area (Å²) < 4.78 is 5.35. The Kier molecular flexibility index (Phi) is 5.52. The van der Waals surface area contributed by atoms with E-state index in [9.17, 15) is 9.59 Å². The zero-order valence-electron chi connectivity index (χ0n) is 17.7. The Morgan fingerprint density at radius 1 is 1.06 bits per heavy atom. The van der Waals surface area contributed by atoms with Crippen molar-refractivity contribution in [2.45, 2.75) is 27.7 Å². The average Bonchev–Trinajstić information content (AvgIpc) is 3.32. The van der Waals surface area contributed by atoms with E-state index in [2.05, 4.69) is 9.98 Å². The molecule has 31 heavy (non-hydrogen) atoms. The average molecular weight is 432 g/mol. The molecule has 0 N–H and O–H groups in total. The van der Waals surface area contributed by atoms with E-state index in [1.165, 1.54) is 18.3 Å². The van der Waals surface area contributed by atoms with Crippen molar-refractivity contribution in [1.29, 1.82) is 0 Å². The first-order valence-electron chi connectivity index (χ1n) is 9.75. The third kappa shape index (κ3) is 4.18. The van der Waals surface area contributed by atoms with Crippen LogP contribution in [-0.2, 0) is 14.3 Å². The fraction of sp³-hybridized carbons (Fsp3) is 0.167. The smallest absolute Gasteiger partial charge is 0.363 e. The topological polar surface area (TPSA) is 71.9 Å². The van der Waals surface area contributed by atoms with Crippen molar-refractivity contribution in [3.05, 3.63) is 81.5 Å². The van der Waals surface area contributed by atoms with Crippen molar-refractivity contribution in [3.8, 4) is 0 Å². The molecular weight excluding hydrogens is 410 g/mol. The maximum Gasteiger partial charge on any atom is 0.363 e. The number of rotatable bonds is 4. The summed E-state index contributed by atoms with van der Waals surface area (Å²) in [4.78, 5) is 35.1. The number of cyclic esters (lactones) is 1. The first-order valence-corrected chi connectivity index (χ1v) is 10.6. The van der Waals surface area contributed by atoms with Gasteiger partial charge < -0.3 is 4.74 Å². The molecule has 7 heteroatoms. The van der Waals surface area contributed by atoms with Gasteiger partial charge in [-0.1, -0.05) is 24.3 Å². The van der Waals surface area contributed by atoms with Crippen LogP contribution in [0.3, 0.4) is 0 Å². The maximum absolute atomic E-state index is 12.4. The van der Waals surface area contributed by atoms with E-state index in [4.69, 9.17) is 4.74 Å². The van der Waals surface area contributed by atoms with Gasteiger partial charge in [-0.15, -0.1) is 11.3 Å². The summed E-state index contributed by atoms with van der Waals surface area (Å²) in [5, 5.41) is 2.31. The molecule has 0 radical (unpaired) electrons. The lowest BCUT2D eigenvalue weighted by Gasteiger charge is -2.19. The van der Waals surface area contributed by atoms with Gasteiger partial charge in [0.15, 0.2) is 10.8 Å². The molecular formula is C24H21N3O3S. The minimum atomic E-state index is -0.523. The number of thiazole rings is 1. The number of amides is 1. The third-order valence-corrected chi connectivity index (χ3v) is 5.89. The molecule has 2 heterocycles. The second-order valence-electron chi connectivity index (χ2n) is 7.33. The van der Waals surface area contributed by atoms with Crippen LogP contribution in [0.15, 0.2) is 58.5 Å². The van der Waals surface area contributed by atoms with E-state index in [1.54, 1.807) is 16.4 Å². The SMILES string of the molecule is CC(=O)N(c1ccc(C)c(C)c1)c1nc(/C=C2/N=C(c3ccccc3C)OC2=O)cs1. The Morgan fingerprint density at radius 2 is 1.84 bits per heavy atom. The molecule has 0 saturated heterocycles. The molecule has 0 atom stereocenters. The van der Waals surface area contributed by atoms with Gasteiger partial charge in [0.1, 0.15) is 0 Å².